The maximum atomic E-state index is 11.1. The molecule has 88 valence electrons. The number of carbonyl (C=O) groups excluding carboxylic acids is 1. The minimum absolute atomic E-state index is 0.120. The summed E-state index contributed by atoms with van der Waals surface area (Å²) in [6.45, 7) is 5.54. The van der Waals surface area contributed by atoms with Crippen LogP contribution in [0.3, 0.4) is 0 Å². The largest absolute Gasteiger partial charge is 0.442 e. The smallest absolute Gasteiger partial charge is 0.431 e. The second-order valence-electron chi connectivity index (χ2n) is 4.18. The molecule has 0 radical (unpaired) electrons. The summed E-state index contributed by atoms with van der Waals surface area (Å²) in [4.78, 5) is 15.9. The molecule has 15 heavy (non-hydrogen) atoms. The average Bonchev–Trinajstić information content (AvgIpc) is 2.80. The molecule has 0 aromatic rings. The molecule has 1 heterocycles. The standard InChI is InChI=1S/C8H17N3O4/c1-8(2,3)15-7(12)11-13-4-5-6(10-9)14-5/h5-6,10H,4,9H2,1-3H3,(H,11,12). The summed E-state index contributed by atoms with van der Waals surface area (Å²) < 4.78 is 9.93. The Hall–Kier alpha value is -0.890. The molecule has 1 aliphatic heterocycles. The molecule has 1 rings (SSSR count). The van der Waals surface area contributed by atoms with Crippen molar-refractivity contribution in [3.05, 3.63) is 0 Å². The molecule has 4 N–H and O–H groups in total. The van der Waals surface area contributed by atoms with Gasteiger partial charge in [0.05, 0.1) is 0 Å². The van der Waals surface area contributed by atoms with Crippen LogP contribution in [0.4, 0.5) is 4.79 Å². The third-order valence-corrected chi connectivity index (χ3v) is 1.55. The molecule has 0 saturated carbocycles. The number of amides is 1. The van der Waals surface area contributed by atoms with Gasteiger partial charge in [-0.3, -0.25) is 10.7 Å². The maximum absolute atomic E-state index is 11.1. The number of nitrogens with one attached hydrogen (secondary N) is 2. The molecule has 2 atom stereocenters. The molecule has 7 nitrogen and oxygen atoms in total. The van der Waals surface area contributed by atoms with Crippen LogP contribution in [0.1, 0.15) is 20.8 Å². The Morgan fingerprint density at radius 2 is 2.20 bits per heavy atom. The van der Waals surface area contributed by atoms with E-state index in [1.54, 1.807) is 20.8 Å². The van der Waals surface area contributed by atoms with Crippen molar-refractivity contribution in [2.75, 3.05) is 6.61 Å². The van der Waals surface area contributed by atoms with E-state index in [0.717, 1.165) is 0 Å². The summed E-state index contributed by atoms with van der Waals surface area (Å²) >= 11 is 0. The van der Waals surface area contributed by atoms with Crippen molar-refractivity contribution in [3.63, 3.8) is 0 Å². The van der Waals surface area contributed by atoms with Crippen molar-refractivity contribution in [3.8, 4) is 0 Å². The first kappa shape index (κ1) is 12.2. The summed E-state index contributed by atoms with van der Waals surface area (Å²) in [7, 11) is 0. The van der Waals surface area contributed by atoms with Gasteiger partial charge in [0, 0.05) is 0 Å². The summed E-state index contributed by atoms with van der Waals surface area (Å²) in [5.41, 5.74) is 4.03. The second-order valence-corrected chi connectivity index (χ2v) is 4.18. The fourth-order valence-electron chi connectivity index (χ4n) is 0.898. The van der Waals surface area contributed by atoms with Gasteiger partial charge in [-0.15, -0.1) is 0 Å². The number of hydrogen-bond donors (Lipinski definition) is 3. The minimum Gasteiger partial charge on any atom is -0.442 e. The van der Waals surface area contributed by atoms with Crippen LogP contribution in [0.2, 0.25) is 0 Å². The van der Waals surface area contributed by atoms with Gasteiger partial charge in [-0.05, 0) is 20.8 Å². The number of ether oxygens (including phenoxy) is 2. The van der Waals surface area contributed by atoms with Crippen molar-refractivity contribution >= 4 is 6.09 Å². The minimum atomic E-state index is -0.625. The van der Waals surface area contributed by atoms with E-state index < -0.39 is 11.7 Å². The van der Waals surface area contributed by atoms with Crippen LogP contribution >= 0.6 is 0 Å². The van der Waals surface area contributed by atoms with Gasteiger partial charge in [0.2, 0.25) is 0 Å². The predicted octanol–water partition coefficient (Wildman–Crippen LogP) is -0.369. The van der Waals surface area contributed by atoms with Crippen LogP contribution in [0, 0.1) is 0 Å². The summed E-state index contributed by atoms with van der Waals surface area (Å²) in [5, 5.41) is 0. The van der Waals surface area contributed by atoms with Gasteiger partial charge in [-0.2, -0.15) is 5.48 Å². The van der Waals surface area contributed by atoms with Gasteiger partial charge in [-0.1, -0.05) is 0 Å². The van der Waals surface area contributed by atoms with Crippen molar-refractivity contribution in [2.45, 2.75) is 38.7 Å². The predicted molar refractivity (Wildman–Crippen MR) is 51.3 cm³/mol. The number of rotatable bonds is 4. The molecule has 1 saturated heterocycles. The topological polar surface area (TPSA) is 98.1 Å². The van der Waals surface area contributed by atoms with E-state index in [1.807, 2.05) is 0 Å². The SMILES string of the molecule is CC(C)(C)OC(=O)NOCC1OC1NN. The summed E-state index contributed by atoms with van der Waals surface area (Å²) in [5.74, 6) is 5.10. The highest BCUT2D eigenvalue weighted by atomic mass is 16.7. The fourth-order valence-corrected chi connectivity index (χ4v) is 0.898. The van der Waals surface area contributed by atoms with Gasteiger partial charge in [0.25, 0.3) is 0 Å². The fraction of sp³-hybridized carbons (Fsp3) is 0.875. The van der Waals surface area contributed by atoms with Crippen molar-refractivity contribution < 1.29 is 19.1 Å². The zero-order chi connectivity index (χ0) is 11.5. The van der Waals surface area contributed by atoms with Crippen LogP contribution in [-0.4, -0.2) is 30.6 Å². The van der Waals surface area contributed by atoms with Crippen molar-refractivity contribution in [1.29, 1.82) is 0 Å². The number of hydroxylamine groups is 1. The lowest BCUT2D eigenvalue weighted by Gasteiger charge is -2.19. The first-order valence-electron chi connectivity index (χ1n) is 4.65. The normalized spacial score (nSPS) is 24.8. The molecule has 0 spiro atoms. The molecule has 0 aromatic carbocycles. The van der Waals surface area contributed by atoms with E-state index in [2.05, 4.69) is 10.9 Å². The lowest BCUT2D eigenvalue weighted by molar-refractivity contribution is -0.0113. The van der Waals surface area contributed by atoms with Gasteiger partial charge in [-0.25, -0.2) is 10.2 Å². The Labute approximate surface area is 88.2 Å². The number of carbonyl (C=O) groups is 1. The van der Waals surface area contributed by atoms with E-state index in [0.29, 0.717) is 0 Å². The van der Waals surface area contributed by atoms with Gasteiger partial charge in [0.1, 0.15) is 24.5 Å². The second kappa shape index (κ2) is 4.75. The van der Waals surface area contributed by atoms with Crippen LogP contribution in [0.5, 0.6) is 0 Å². The first-order valence-corrected chi connectivity index (χ1v) is 4.65. The summed E-state index contributed by atoms with van der Waals surface area (Å²) in [6.07, 6.45) is -0.934. The van der Waals surface area contributed by atoms with Gasteiger partial charge >= 0.3 is 6.09 Å². The Bertz CT molecular complexity index is 228. The van der Waals surface area contributed by atoms with Crippen LogP contribution < -0.4 is 16.7 Å². The molecule has 0 bridgehead atoms. The third kappa shape index (κ3) is 4.93. The maximum Gasteiger partial charge on any atom is 0.431 e. The molecule has 7 heteroatoms. The van der Waals surface area contributed by atoms with Crippen LogP contribution in [0.25, 0.3) is 0 Å². The quantitative estimate of drug-likeness (QED) is 0.339. The third-order valence-electron chi connectivity index (χ3n) is 1.55. The highest BCUT2D eigenvalue weighted by Gasteiger charge is 2.38. The number of nitrogens with two attached hydrogens (primary N) is 1. The summed E-state index contributed by atoms with van der Waals surface area (Å²) in [6, 6.07) is 0. The number of hydrogen-bond acceptors (Lipinski definition) is 6. The van der Waals surface area contributed by atoms with E-state index in [9.17, 15) is 4.79 Å². The highest BCUT2D eigenvalue weighted by molar-refractivity contribution is 5.66. The molecule has 0 aromatic heterocycles. The van der Waals surface area contributed by atoms with Gasteiger partial charge in [0.15, 0.2) is 0 Å². The molecule has 1 amide bonds. The zero-order valence-electron chi connectivity index (χ0n) is 9.07. The molecule has 0 aliphatic carbocycles. The van der Waals surface area contributed by atoms with E-state index >= 15 is 0 Å². The molecule has 1 fully saturated rings. The molecule has 1 aliphatic rings. The Morgan fingerprint density at radius 1 is 1.53 bits per heavy atom. The highest BCUT2D eigenvalue weighted by Crippen LogP contribution is 2.17. The average molecular weight is 219 g/mol. The van der Waals surface area contributed by atoms with E-state index in [4.69, 9.17) is 20.2 Å². The van der Waals surface area contributed by atoms with Gasteiger partial charge < -0.3 is 9.47 Å². The van der Waals surface area contributed by atoms with Crippen LogP contribution in [-0.2, 0) is 14.3 Å². The molecular formula is C8H17N3O4. The Kier molecular flexibility index (Phi) is 3.86. The van der Waals surface area contributed by atoms with Crippen LogP contribution in [0.15, 0.2) is 0 Å². The Balaban J connectivity index is 2.03. The zero-order valence-corrected chi connectivity index (χ0v) is 9.07. The van der Waals surface area contributed by atoms with Crippen molar-refractivity contribution in [2.24, 2.45) is 5.84 Å². The lowest BCUT2D eigenvalue weighted by Crippen LogP contribution is -2.34. The monoisotopic (exact) mass is 219 g/mol. The number of hydrazine groups is 1. The first-order chi connectivity index (χ1) is 6.92. The number of epoxide rings is 1. The molecule has 2 unspecified atom stereocenters. The molecular weight excluding hydrogens is 202 g/mol. The lowest BCUT2D eigenvalue weighted by atomic mass is 10.2. The van der Waals surface area contributed by atoms with E-state index in [-0.39, 0.29) is 18.9 Å². The van der Waals surface area contributed by atoms with E-state index in [1.165, 1.54) is 0 Å². The Morgan fingerprint density at radius 3 is 2.67 bits per heavy atom. The van der Waals surface area contributed by atoms with Crippen molar-refractivity contribution in [1.82, 2.24) is 10.9 Å².